The SMILES string of the molecule is COCCNCC1CCN(c2ccc(C(N)=O)cn2)CC1. The maximum atomic E-state index is 11.0. The molecular weight excluding hydrogens is 268 g/mol. The quantitative estimate of drug-likeness (QED) is 0.721. The average molecular weight is 292 g/mol. The Labute approximate surface area is 125 Å². The summed E-state index contributed by atoms with van der Waals surface area (Å²) >= 11 is 0. The van der Waals surface area contributed by atoms with E-state index < -0.39 is 5.91 Å². The molecule has 0 radical (unpaired) electrons. The van der Waals surface area contributed by atoms with Crippen LogP contribution in [-0.2, 0) is 4.74 Å². The summed E-state index contributed by atoms with van der Waals surface area (Å²) in [6, 6.07) is 3.61. The summed E-state index contributed by atoms with van der Waals surface area (Å²) in [5, 5.41) is 3.42. The van der Waals surface area contributed by atoms with Crippen molar-refractivity contribution in [3.05, 3.63) is 23.9 Å². The van der Waals surface area contributed by atoms with Gasteiger partial charge in [-0.15, -0.1) is 0 Å². The predicted molar refractivity (Wildman–Crippen MR) is 82.4 cm³/mol. The van der Waals surface area contributed by atoms with Crippen LogP contribution in [0.25, 0.3) is 0 Å². The molecular formula is C15H24N4O2. The molecule has 1 aromatic heterocycles. The van der Waals surface area contributed by atoms with Crippen molar-refractivity contribution in [3.63, 3.8) is 0 Å². The first-order valence-corrected chi connectivity index (χ1v) is 7.41. The molecule has 0 saturated carbocycles. The van der Waals surface area contributed by atoms with Crippen LogP contribution in [0.3, 0.4) is 0 Å². The van der Waals surface area contributed by atoms with Gasteiger partial charge in [0.1, 0.15) is 5.82 Å². The van der Waals surface area contributed by atoms with E-state index in [0.717, 1.165) is 51.4 Å². The zero-order chi connectivity index (χ0) is 15.1. The highest BCUT2D eigenvalue weighted by molar-refractivity contribution is 5.92. The Morgan fingerprint density at radius 2 is 2.24 bits per heavy atom. The van der Waals surface area contributed by atoms with Gasteiger partial charge in [0.2, 0.25) is 5.91 Å². The van der Waals surface area contributed by atoms with Crippen LogP contribution in [0.1, 0.15) is 23.2 Å². The molecule has 0 aromatic carbocycles. The molecule has 1 amide bonds. The van der Waals surface area contributed by atoms with E-state index in [1.165, 1.54) is 0 Å². The lowest BCUT2D eigenvalue weighted by molar-refractivity contribution is 0.1000. The Hall–Kier alpha value is -1.66. The number of hydrogen-bond donors (Lipinski definition) is 2. The minimum Gasteiger partial charge on any atom is -0.383 e. The van der Waals surface area contributed by atoms with Crippen molar-refractivity contribution < 1.29 is 9.53 Å². The van der Waals surface area contributed by atoms with E-state index in [1.807, 2.05) is 6.07 Å². The zero-order valence-corrected chi connectivity index (χ0v) is 12.5. The van der Waals surface area contributed by atoms with Crippen LogP contribution in [0.5, 0.6) is 0 Å². The van der Waals surface area contributed by atoms with Crippen molar-refractivity contribution in [2.75, 3.05) is 44.8 Å². The highest BCUT2D eigenvalue weighted by atomic mass is 16.5. The largest absolute Gasteiger partial charge is 0.383 e. The minimum atomic E-state index is -0.435. The number of nitrogens with zero attached hydrogens (tertiary/aromatic N) is 2. The minimum absolute atomic E-state index is 0.435. The fourth-order valence-electron chi connectivity index (χ4n) is 2.57. The number of carbonyl (C=O) groups excluding carboxylic acids is 1. The molecule has 0 atom stereocenters. The van der Waals surface area contributed by atoms with Crippen LogP contribution in [0.2, 0.25) is 0 Å². The van der Waals surface area contributed by atoms with Gasteiger partial charge in [0.25, 0.3) is 0 Å². The van der Waals surface area contributed by atoms with Gasteiger partial charge in [-0.1, -0.05) is 0 Å². The maximum absolute atomic E-state index is 11.0. The van der Waals surface area contributed by atoms with E-state index in [1.54, 1.807) is 19.4 Å². The van der Waals surface area contributed by atoms with Crippen LogP contribution in [0, 0.1) is 5.92 Å². The standard InChI is InChI=1S/C15H24N4O2/c1-21-9-6-17-10-12-4-7-19(8-5-12)14-3-2-13(11-18-14)15(16)20/h2-3,11-12,17H,4-10H2,1H3,(H2,16,20). The molecule has 21 heavy (non-hydrogen) atoms. The lowest BCUT2D eigenvalue weighted by Gasteiger charge is -2.33. The number of nitrogens with one attached hydrogen (secondary N) is 1. The van der Waals surface area contributed by atoms with Crippen molar-refractivity contribution in [2.24, 2.45) is 11.7 Å². The van der Waals surface area contributed by atoms with E-state index in [2.05, 4.69) is 15.2 Å². The molecule has 3 N–H and O–H groups in total. The molecule has 2 heterocycles. The van der Waals surface area contributed by atoms with E-state index in [0.29, 0.717) is 11.5 Å². The molecule has 6 nitrogen and oxygen atoms in total. The second kappa shape index (κ2) is 7.95. The average Bonchev–Trinajstić information content (AvgIpc) is 2.52. The molecule has 6 heteroatoms. The van der Waals surface area contributed by atoms with Crippen molar-refractivity contribution in [2.45, 2.75) is 12.8 Å². The van der Waals surface area contributed by atoms with Gasteiger partial charge in [0, 0.05) is 32.9 Å². The molecule has 2 rings (SSSR count). The summed E-state index contributed by atoms with van der Waals surface area (Å²) in [5.74, 6) is 1.20. The Morgan fingerprint density at radius 3 is 2.81 bits per heavy atom. The van der Waals surface area contributed by atoms with Crippen LogP contribution < -0.4 is 16.0 Å². The number of pyridine rings is 1. The molecule has 116 valence electrons. The van der Waals surface area contributed by atoms with Gasteiger partial charge in [-0.05, 0) is 37.4 Å². The highest BCUT2D eigenvalue weighted by Gasteiger charge is 2.19. The van der Waals surface area contributed by atoms with Gasteiger partial charge < -0.3 is 20.7 Å². The molecule has 1 saturated heterocycles. The number of nitrogens with two attached hydrogens (primary N) is 1. The van der Waals surface area contributed by atoms with Crippen LogP contribution in [-0.4, -0.2) is 50.8 Å². The van der Waals surface area contributed by atoms with Crippen LogP contribution in [0.4, 0.5) is 5.82 Å². The maximum Gasteiger partial charge on any atom is 0.250 e. The van der Waals surface area contributed by atoms with E-state index in [-0.39, 0.29) is 0 Å². The Balaban J connectivity index is 1.76. The van der Waals surface area contributed by atoms with E-state index in [9.17, 15) is 4.79 Å². The molecule has 0 bridgehead atoms. The lowest BCUT2D eigenvalue weighted by Crippen LogP contribution is -2.38. The van der Waals surface area contributed by atoms with Crippen molar-refractivity contribution in [3.8, 4) is 0 Å². The third-order valence-corrected chi connectivity index (χ3v) is 3.89. The van der Waals surface area contributed by atoms with Gasteiger partial charge >= 0.3 is 0 Å². The van der Waals surface area contributed by atoms with Gasteiger partial charge in [-0.3, -0.25) is 4.79 Å². The number of primary amides is 1. The van der Waals surface area contributed by atoms with Crippen LogP contribution in [0.15, 0.2) is 18.3 Å². The summed E-state index contributed by atoms with van der Waals surface area (Å²) in [6.45, 7) is 4.71. The summed E-state index contributed by atoms with van der Waals surface area (Å²) in [5.41, 5.74) is 5.67. The molecule has 1 aromatic rings. The van der Waals surface area contributed by atoms with E-state index in [4.69, 9.17) is 10.5 Å². The third kappa shape index (κ3) is 4.68. The first-order chi connectivity index (χ1) is 10.2. The fourth-order valence-corrected chi connectivity index (χ4v) is 2.57. The van der Waals surface area contributed by atoms with Crippen LogP contribution >= 0.6 is 0 Å². The zero-order valence-electron chi connectivity index (χ0n) is 12.5. The number of anilines is 1. The fraction of sp³-hybridized carbons (Fsp3) is 0.600. The first-order valence-electron chi connectivity index (χ1n) is 7.41. The van der Waals surface area contributed by atoms with Crippen molar-refractivity contribution in [1.29, 1.82) is 0 Å². The lowest BCUT2D eigenvalue weighted by atomic mass is 9.97. The third-order valence-electron chi connectivity index (χ3n) is 3.89. The van der Waals surface area contributed by atoms with Crippen molar-refractivity contribution in [1.82, 2.24) is 10.3 Å². The second-order valence-electron chi connectivity index (χ2n) is 5.40. The monoisotopic (exact) mass is 292 g/mol. The Morgan fingerprint density at radius 1 is 1.48 bits per heavy atom. The summed E-state index contributed by atoms with van der Waals surface area (Å²) in [7, 11) is 1.72. The summed E-state index contributed by atoms with van der Waals surface area (Å²) in [4.78, 5) is 17.6. The molecule has 0 spiro atoms. The predicted octanol–water partition coefficient (Wildman–Crippen LogP) is 0.633. The molecule has 0 unspecified atom stereocenters. The van der Waals surface area contributed by atoms with E-state index >= 15 is 0 Å². The molecule has 0 aliphatic carbocycles. The number of hydrogen-bond acceptors (Lipinski definition) is 5. The second-order valence-corrected chi connectivity index (χ2v) is 5.40. The number of rotatable bonds is 7. The van der Waals surface area contributed by atoms with Gasteiger partial charge in [0.15, 0.2) is 0 Å². The normalized spacial score (nSPS) is 16.1. The molecule has 1 fully saturated rings. The van der Waals surface area contributed by atoms with Gasteiger partial charge in [-0.25, -0.2) is 4.98 Å². The number of carbonyl (C=O) groups is 1. The molecule has 1 aliphatic heterocycles. The summed E-state index contributed by atoms with van der Waals surface area (Å²) in [6.07, 6.45) is 3.86. The number of ether oxygens (including phenoxy) is 1. The Bertz CT molecular complexity index is 441. The van der Waals surface area contributed by atoms with Gasteiger partial charge in [0.05, 0.1) is 12.2 Å². The Kier molecular flexibility index (Phi) is 5.95. The molecule has 1 aliphatic rings. The topological polar surface area (TPSA) is 80.5 Å². The number of piperidine rings is 1. The number of amides is 1. The number of methoxy groups -OCH3 is 1. The van der Waals surface area contributed by atoms with Crippen molar-refractivity contribution >= 4 is 11.7 Å². The highest BCUT2D eigenvalue weighted by Crippen LogP contribution is 2.21. The van der Waals surface area contributed by atoms with Gasteiger partial charge in [-0.2, -0.15) is 0 Å². The number of aromatic nitrogens is 1. The first kappa shape index (κ1) is 15.7. The summed E-state index contributed by atoms with van der Waals surface area (Å²) < 4.78 is 5.02. The smallest absolute Gasteiger partial charge is 0.250 e.